The van der Waals surface area contributed by atoms with Gasteiger partial charge < -0.3 is 9.88 Å². The molecular formula is C19H23N3O. The third-order valence-corrected chi connectivity index (χ3v) is 4.31. The summed E-state index contributed by atoms with van der Waals surface area (Å²) in [7, 11) is 0. The Balaban J connectivity index is 1.83. The first kappa shape index (κ1) is 15.7. The lowest BCUT2D eigenvalue weighted by atomic mass is 9.93. The van der Waals surface area contributed by atoms with E-state index in [4.69, 9.17) is 0 Å². The molecule has 1 aromatic carbocycles. The van der Waals surface area contributed by atoms with Crippen LogP contribution in [0.4, 0.5) is 0 Å². The van der Waals surface area contributed by atoms with Crippen LogP contribution in [0.2, 0.25) is 0 Å². The highest BCUT2D eigenvalue weighted by atomic mass is 16.1. The van der Waals surface area contributed by atoms with Crippen LogP contribution in [0.15, 0.2) is 59.7 Å². The van der Waals surface area contributed by atoms with E-state index in [0.717, 1.165) is 31.4 Å². The van der Waals surface area contributed by atoms with Gasteiger partial charge in [-0.25, -0.2) is 0 Å². The van der Waals surface area contributed by atoms with Crippen LogP contribution in [-0.4, -0.2) is 23.1 Å². The number of pyridine rings is 1. The first-order valence-electron chi connectivity index (χ1n) is 8.24. The maximum Gasteiger partial charge on any atom is 0.250 e. The van der Waals surface area contributed by atoms with E-state index in [0.29, 0.717) is 6.04 Å². The van der Waals surface area contributed by atoms with Gasteiger partial charge in [0.25, 0.3) is 5.91 Å². The van der Waals surface area contributed by atoms with Crippen molar-refractivity contribution < 1.29 is 4.79 Å². The van der Waals surface area contributed by atoms with Crippen LogP contribution in [0.3, 0.4) is 0 Å². The highest BCUT2D eigenvalue weighted by Crippen LogP contribution is 2.17. The second-order valence-corrected chi connectivity index (χ2v) is 6.20. The third-order valence-electron chi connectivity index (χ3n) is 4.31. The third kappa shape index (κ3) is 4.17. The molecule has 0 spiro atoms. The molecule has 2 atom stereocenters. The van der Waals surface area contributed by atoms with Gasteiger partial charge in [0.05, 0.1) is 0 Å². The predicted octanol–water partition coefficient (Wildman–Crippen LogP) is 2.35. The van der Waals surface area contributed by atoms with Gasteiger partial charge in [-0.2, -0.15) is 4.99 Å². The quantitative estimate of drug-likeness (QED) is 0.946. The van der Waals surface area contributed by atoms with Crippen molar-refractivity contribution in [3.05, 3.63) is 65.8 Å². The van der Waals surface area contributed by atoms with Gasteiger partial charge in [-0.1, -0.05) is 36.4 Å². The second-order valence-electron chi connectivity index (χ2n) is 6.20. The van der Waals surface area contributed by atoms with Crippen molar-refractivity contribution >= 4 is 5.91 Å². The summed E-state index contributed by atoms with van der Waals surface area (Å²) in [5.74, 6) is 0.0444. The zero-order chi connectivity index (χ0) is 16.1. The van der Waals surface area contributed by atoms with Crippen molar-refractivity contribution in [1.82, 2.24) is 9.88 Å². The minimum absolute atomic E-state index is 0.00589. The molecule has 0 unspecified atom stereocenters. The van der Waals surface area contributed by atoms with Crippen LogP contribution >= 0.6 is 0 Å². The number of nitrogens with zero attached hydrogens (tertiary/aromatic N) is 2. The van der Waals surface area contributed by atoms with Crippen LogP contribution < -0.4 is 10.8 Å². The molecule has 1 N–H and O–H groups in total. The number of hydrogen-bond acceptors (Lipinski definition) is 2. The molecule has 2 aromatic rings. The molecule has 4 heteroatoms. The normalized spacial score (nSPS) is 22.0. The van der Waals surface area contributed by atoms with E-state index in [9.17, 15) is 4.79 Å². The molecule has 1 aliphatic heterocycles. The van der Waals surface area contributed by atoms with Gasteiger partial charge in [-0.3, -0.25) is 4.79 Å². The van der Waals surface area contributed by atoms with Gasteiger partial charge in [-0.15, -0.1) is 0 Å². The first-order valence-corrected chi connectivity index (χ1v) is 8.24. The van der Waals surface area contributed by atoms with Crippen LogP contribution in [0.25, 0.3) is 0 Å². The molecule has 1 aromatic heterocycles. The van der Waals surface area contributed by atoms with Crippen molar-refractivity contribution in [2.45, 2.75) is 32.4 Å². The van der Waals surface area contributed by atoms with Crippen molar-refractivity contribution in [1.29, 1.82) is 0 Å². The summed E-state index contributed by atoms with van der Waals surface area (Å²) in [5, 5.41) is 3.38. The molecule has 2 heterocycles. The Morgan fingerprint density at radius 3 is 2.78 bits per heavy atom. The fourth-order valence-electron chi connectivity index (χ4n) is 3.04. The molecule has 120 valence electrons. The topological polar surface area (TPSA) is 46.4 Å². The molecule has 0 bridgehead atoms. The molecule has 1 amide bonds. The predicted molar refractivity (Wildman–Crippen MR) is 90.7 cm³/mol. The smallest absolute Gasteiger partial charge is 0.250 e. The average molecular weight is 309 g/mol. The summed E-state index contributed by atoms with van der Waals surface area (Å²) >= 11 is 0. The van der Waals surface area contributed by atoms with Gasteiger partial charge in [0.15, 0.2) is 0 Å². The number of benzene rings is 1. The molecule has 3 rings (SSSR count). The Hall–Kier alpha value is -2.20. The van der Waals surface area contributed by atoms with Gasteiger partial charge in [0.1, 0.15) is 5.49 Å². The van der Waals surface area contributed by atoms with Crippen LogP contribution in [0.1, 0.15) is 25.3 Å². The van der Waals surface area contributed by atoms with E-state index < -0.39 is 0 Å². The van der Waals surface area contributed by atoms with Crippen LogP contribution in [-0.2, 0) is 11.3 Å². The second kappa shape index (κ2) is 7.38. The molecule has 23 heavy (non-hydrogen) atoms. The summed E-state index contributed by atoms with van der Waals surface area (Å²) in [6.45, 7) is 3.74. The van der Waals surface area contributed by atoms with Gasteiger partial charge in [0, 0.05) is 24.7 Å². The number of hydrogen-bond donors (Lipinski definition) is 1. The molecule has 0 aliphatic carbocycles. The molecule has 0 saturated carbocycles. The Bertz CT molecular complexity index is 721. The van der Waals surface area contributed by atoms with E-state index in [1.165, 1.54) is 5.56 Å². The Morgan fingerprint density at radius 1 is 1.22 bits per heavy atom. The highest BCUT2D eigenvalue weighted by Gasteiger charge is 2.24. The largest absolute Gasteiger partial charge is 0.328 e. The summed E-state index contributed by atoms with van der Waals surface area (Å²) in [6.07, 6.45) is 3.72. The number of carbonyl (C=O) groups is 1. The summed E-state index contributed by atoms with van der Waals surface area (Å²) < 4.78 is 2.03. The highest BCUT2D eigenvalue weighted by molar-refractivity contribution is 5.79. The number of amides is 1. The lowest BCUT2D eigenvalue weighted by molar-refractivity contribution is -0.122. The van der Waals surface area contributed by atoms with E-state index in [-0.39, 0.29) is 11.8 Å². The van der Waals surface area contributed by atoms with Crippen molar-refractivity contribution in [2.24, 2.45) is 10.9 Å². The fourth-order valence-corrected chi connectivity index (χ4v) is 3.04. The monoisotopic (exact) mass is 309 g/mol. The standard InChI is InChI=1S/C19H23N3O/c1-15-13-17(10-11-20-15)19(23)21-18-9-5-6-12-22(18)14-16-7-3-2-4-8-16/h2-9,12,15,17,20H,10-11,13-14H2,1H3/t15-,17-/m0/s1. The molecular weight excluding hydrogens is 286 g/mol. The van der Waals surface area contributed by atoms with E-state index in [1.54, 1.807) is 0 Å². The first-order chi connectivity index (χ1) is 11.2. The maximum atomic E-state index is 12.5. The Kier molecular flexibility index (Phi) is 5.03. The number of piperidine rings is 1. The molecule has 1 aliphatic rings. The minimum atomic E-state index is 0.00589. The number of carbonyl (C=O) groups excluding carboxylic acids is 1. The van der Waals surface area contributed by atoms with E-state index in [1.807, 2.05) is 47.2 Å². The fraction of sp³-hybridized carbons (Fsp3) is 0.368. The van der Waals surface area contributed by atoms with Crippen molar-refractivity contribution in [3.8, 4) is 0 Å². The SMILES string of the molecule is C[C@H]1C[C@@H](C(=O)N=c2ccccn2Cc2ccccc2)CCN1. The zero-order valence-corrected chi connectivity index (χ0v) is 13.5. The van der Waals surface area contributed by atoms with E-state index in [2.05, 4.69) is 29.4 Å². The summed E-state index contributed by atoms with van der Waals surface area (Å²) in [6, 6.07) is 16.4. The summed E-state index contributed by atoms with van der Waals surface area (Å²) in [5.41, 5.74) is 1.93. The molecule has 4 nitrogen and oxygen atoms in total. The van der Waals surface area contributed by atoms with Gasteiger partial charge in [-0.05, 0) is 44.0 Å². The van der Waals surface area contributed by atoms with E-state index >= 15 is 0 Å². The lowest BCUT2D eigenvalue weighted by Crippen LogP contribution is -2.38. The lowest BCUT2D eigenvalue weighted by Gasteiger charge is -2.25. The van der Waals surface area contributed by atoms with Crippen molar-refractivity contribution in [3.63, 3.8) is 0 Å². The van der Waals surface area contributed by atoms with Gasteiger partial charge in [0.2, 0.25) is 0 Å². The average Bonchev–Trinajstić information content (AvgIpc) is 2.57. The Morgan fingerprint density at radius 2 is 2.00 bits per heavy atom. The molecule has 1 saturated heterocycles. The van der Waals surface area contributed by atoms with Crippen LogP contribution in [0.5, 0.6) is 0 Å². The number of nitrogens with one attached hydrogen (secondary N) is 1. The number of aromatic nitrogens is 1. The van der Waals surface area contributed by atoms with Crippen molar-refractivity contribution in [2.75, 3.05) is 6.54 Å². The molecule has 1 fully saturated rings. The summed E-state index contributed by atoms with van der Waals surface area (Å²) in [4.78, 5) is 16.9. The Labute approximate surface area is 136 Å². The number of rotatable bonds is 3. The van der Waals surface area contributed by atoms with Crippen LogP contribution in [0, 0.1) is 5.92 Å². The maximum absolute atomic E-state index is 12.5. The minimum Gasteiger partial charge on any atom is -0.328 e. The molecule has 0 radical (unpaired) electrons. The van der Waals surface area contributed by atoms with Gasteiger partial charge >= 0.3 is 0 Å². The zero-order valence-electron chi connectivity index (χ0n) is 13.5.